The van der Waals surface area contributed by atoms with Crippen LogP contribution in [-0.2, 0) is 18.4 Å². The molecule has 0 bridgehead atoms. The van der Waals surface area contributed by atoms with E-state index in [0.717, 1.165) is 51.4 Å². The zero-order valence-electron chi connectivity index (χ0n) is 58.5. The summed E-state index contributed by atoms with van der Waals surface area (Å²) in [6, 6.07) is -0.800. The zero-order valence-corrected chi connectivity index (χ0v) is 59.4. The summed E-state index contributed by atoms with van der Waals surface area (Å²) >= 11 is 0. The maximum atomic E-state index is 13.1. The van der Waals surface area contributed by atoms with E-state index in [9.17, 15) is 19.4 Å². The molecule has 0 fully saturated rings. The lowest BCUT2D eigenvalue weighted by atomic mass is 10.0. The van der Waals surface area contributed by atoms with Gasteiger partial charge in [0.05, 0.1) is 39.9 Å². The molecule has 510 valence electrons. The van der Waals surface area contributed by atoms with Crippen LogP contribution in [0.4, 0.5) is 0 Å². The number of hydrogen-bond acceptors (Lipinski definition) is 6. The van der Waals surface area contributed by atoms with Crippen molar-refractivity contribution in [3.05, 3.63) is 36.5 Å². The molecular formula is C77H151N2O6P. The minimum absolute atomic E-state index is 0.0150. The number of amides is 1. The van der Waals surface area contributed by atoms with Crippen molar-refractivity contribution in [1.82, 2.24) is 5.32 Å². The number of unbranched alkanes of at least 4 members (excludes halogenated alkanes) is 53. The van der Waals surface area contributed by atoms with Crippen molar-refractivity contribution in [3.8, 4) is 0 Å². The Balaban J connectivity index is 3.91. The average molecular weight is 1230 g/mol. The second kappa shape index (κ2) is 68.1. The number of nitrogens with zero attached hydrogens (tertiary/aromatic N) is 1. The van der Waals surface area contributed by atoms with E-state index < -0.39 is 20.0 Å². The Kier molecular flexibility index (Phi) is 67.1. The van der Waals surface area contributed by atoms with Crippen molar-refractivity contribution >= 4 is 13.7 Å². The first kappa shape index (κ1) is 84.7. The van der Waals surface area contributed by atoms with E-state index in [-0.39, 0.29) is 19.1 Å². The van der Waals surface area contributed by atoms with Crippen molar-refractivity contribution in [2.45, 2.75) is 411 Å². The first-order valence-electron chi connectivity index (χ1n) is 38.3. The molecule has 3 unspecified atom stereocenters. The molecule has 0 spiro atoms. The molecule has 86 heavy (non-hydrogen) atoms. The van der Waals surface area contributed by atoms with Crippen molar-refractivity contribution in [3.63, 3.8) is 0 Å². The van der Waals surface area contributed by atoms with Gasteiger partial charge in [0, 0.05) is 6.42 Å². The van der Waals surface area contributed by atoms with Crippen LogP contribution in [-0.4, -0.2) is 68.5 Å². The van der Waals surface area contributed by atoms with Gasteiger partial charge in [0.1, 0.15) is 13.2 Å². The number of carbonyl (C=O) groups excluding carboxylic acids is 1. The second-order valence-corrected chi connectivity index (χ2v) is 29.1. The van der Waals surface area contributed by atoms with Crippen LogP contribution in [0.3, 0.4) is 0 Å². The molecule has 0 aromatic rings. The number of phosphoric ester groups is 1. The van der Waals surface area contributed by atoms with E-state index in [1.165, 1.54) is 321 Å². The summed E-state index contributed by atoms with van der Waals surface area (Å²) < 4.78 is 23.6. The number of aliphatic hydroxyl groups is 1. The summed E-state index contributed by atoms with van der Waals surface area (Å²) in [7, 11) is 1.33. The Bertz CT molecular complexity index is 1500. The predicted octanol–water partition coefficient (Wildman–Crippen LogP) is 24.2. The van der Waals surface area contributed by atoms with Gasteiger partial charge in [0.15, 0.2) is 0 Å². The molecule has 0 aliphatic rings. The van der Waals surface area contributed by atoms with Gasteiger partial charge >= 0.3 is 0 Å². The third-order valence-corrected chi connectivity index (χ3v) is 18.8. The number of quaternary nitrogens is 1. The first-order chi connectivity index (χ1) is 42.0. The molecule has 0 heterocycles. The first-order valence-corrected chi connectivity index (χ1v) is 39.8. The van der Waals surface area contributed by atoms with Crippen LogP contribution in [0, 0.1) is 0 Å². The Morgan fingerprint density at radius 3 is 0.977 bits per heavy atom. The number of allylic oxidation sites excluding steroid dienone is 6. The molecule has 2 N–H and O–H groups in total. The van der Waals surface area contributed by atoms with E-state index in [2.05, 4.69) is 55.6 Å². The van der Waals surface area contributed by atoms with Crippen LogP contribution in [0.2, 0.25) is 0 Å². The van der Waals surface area contributed by atoms with Crippen LogP contribution < -0.4 is 10.2 Å². The maximum Gasteiger partial charge on any atom is 0.268 e. The molecule has 8 nitrogen and oxygen atoms in total. The average Bonchev–Trinajstić information content (AvgIpc) is 3.70. The molecule has 0 aliphatic heterocycles. The lowest BCUT2D eigenvalue weighted by Gasteiger charge is -2.30. The van der Waals surface area contributed by atoms with Crippen LogP contribution in [0.5, 0.6) is 0 Å². The van der Waals surface area contributed by atoms with E-state index in [1.807, 2.05) is 21.1 Å². The molecule has 0 aromatic carbocycles. The summed E-state index contributed by atoms with van der Waals surface area (Å²) in [6.45, 7) is 4.77. The fourth-order valence-electron chi connectivity index (χ4n) is 11.9. The van der Waals surface area contributed by atoms with Crippen molar-refractivity contribution in [1.29, 1.82) is 0 Å². The lowest BCUT2D eigenvalue weighted by Crippen LogP contribution is -2.46. The van der Waals surface area contributed by atoms with Crippen LogP contribution in [0.15, 0.2) is 36.5 Å². The van der Waals surface area contributed by atoms with Gasteiger partial charge < -0.3 is 28.8 Å². The highest BCUT2D eigenvalue weighted by atomic mass is 31.2. The molecule has 1 amide bonds. The van der Waals surface area contributed by atoms with Crippen molar-refractivity contribution in [2.75, 3.05) is 40.9 Å². The van der Waals surface area contributed by atoms with E-state index >= 15 is 0 Å². The van der Waals surface area contributed by atoms with Crippen molar-refractivity contribution in [2.24, 2.45) is 0 Å². The largest absolute Gasteiger partial charge is 0.756 e. The minimum atomic E-state index is -4.58. The highest BCUT2D eigenvalue weighted by Gasteiger charge is 2.24. The quantitative estimate of drug-likeness (QED) is 0.0272. The fraction of sp³-hybridized carbons (Fsp3) is 0.909. The molecule has 0 aromatic heterocycles. The number of aliphatic hydroxyl groups excluding tert-OH is 1. The Hall–Kier alpha value is -1.28. The highest BCUT2D eigenvalue weighted by molar-refractivity contribution is 7.45. The summed E-state index contributed by atoms with van der Waals surface area (Å²) in [5, 5.41) is 14.1. The van der Waals surface area contributed by atoms with E-state index in [0.29, 0.717) is 23.9 Å². The fourth-order valence-corrected chi connectivity index (χ4v) is 12.7. The second-order valence-electron chi connectivity index (χ2n) is 27.7. The third-order valence-electron chi connectivity index (χ3n) is 17.9. The minimum Gasteiger partial charge on any atom is -0.756 e. The van der Waals surface area contributed by atoms with E-state index in [1.54, 1.807) is 0 Å². The summed E-state index contributed by atoms with van der Waals surface area (Å²) in [6.07, 6.45) is 91.1. The molecule has 0 aliphatic carbocycles. The molecule has 0 radical (unpaired) electrons. The SMILES string of the molecule is CCCCCCC/C=C\C/C=C\C/C=C\CCCCCCCCCCCCCCCCCCCCCCCCCCC(=O)NC(COP(=O)([O-])OCC[N+](C)(C)C)C(O)CCCCCCCCCCCCCCCCCCCCCCCCCCC. The summed E-state index contributed by atoms with van der Waals surface area (Å²) in [5.41, 5.74) is 0. The normalized spacial score (nSPS) is 13.7. The third kappa shape index (κ3) is 70.2. The Morgan fingerprint density at radius 1 is 0.407 bits per heavy atom. The van der Waals surface area contributed by atoms with Gasteiger partial charge in [-0.25, -0.2) is 0 Å². The zero-order chi connectivity index (χ0) is 62.6. The van der Waals surface area contributed by atoms with Gasteiger partial charge in [-0.15, -0.1) is 0 Å². The van der Waals surface area contributed by atoms with E-state index in [4.69, 9.17) is 9.05 Å². The van der Waals surface area contributed by atoms with Gasteiger partial charge in [-0.3, -0.25) is 9.36 Å². The molecule has 0 rings (SSSR count). The van der Waals surface area contributed by atoms with Gasteiger partial charge in [0.25, 0.3) is 7.82 Å². The number of carbonyl (C=O) groups is 1. The lowest BCUT2D eigenvalue weighted by molar-refractivity contribution is -0.870. The Morgan fingerprint density at radius 2 is 0.674 bits per heavy atom. The molecule has 0 saturated carbocycles. The molecule has 9 heteroatoms. The van der Waals surface area contributed by atoms with Gasteiger partial charge in [0.2, 0.25) is 5.91 Å². The Labute approximate surface area is 537 Å². The predicted molar refractivity (Wildman–Crippen MR) is 376 cm³/mol. The number of likely N-dealkylation sites (N-methyl/N-ethyl adjacent to an activating group) is 1. The van der Waals surface area contributed by atoms with Gasteiger partial charge in [-0.05, 0) is 51.4 Å². The van der Waals surface area contributed by atoms with Gasteiger partial charge in [-0.2, -0.15) is 0 Å². The standard InChI is InChI=1S/C77H151N2O6P/c1-6-8-10-12-14-16-18-20-22-24-26-28-30-32-33-34-35-36-37-38-39-40-41-42-43-44-45-47-49-51-53-55-57-59-61-63-65-67-69-71-77(81)78-75(74-85-86(82,83)84-73-72-79(3,4)5)76(80)70-68-66-64-62-60-58-56-54-52-50-48-46-31-29-27-25-23-21-19-17-15-13-11-9-7-2/h18,20,24,26,30,32,75-76,80H,6-17,19,21-23,25,27-29,31,33-74H2,1-5H3,(H-,78,81,82,83)/b20-18-,26-24-,32-30-. The number of phosphoric acid groups is 1. The van der Waals surface area contributed by atoms with Crippen LogP contribution >= 0.6 is 7.82 Å². The van der Waals surface area contributed by atoms with Crippen LogP contribution in [0.1, 0.15) is 399 Å². The topological polar surface area (TPSA) is 108 Å². The monoisotopic (exact) mass is 1230 g/mol. The number of rotatable bonds is 72. The summed E-state index contributed by atoms with van der Waals surface area (Å²) in [5.74, 6) is -0.155. The number of nitrogens with one attached hydrogen (secondary N) is 1. The maximum absolute atomic E-state index is 13.1. The van der Waals surface area contributed by atoms with Gasteiger partial charge in [-0.1, -0.05) is 378 Å². The number of hydrogen-bond donors (Lipinski definition) is 2. The summed E-state index contributed by atoms with van der Waals surface area (Å²) in [4.78, 5) is 25.7. The van der Waals surface area contributed by atoms with Crippen LogP contribution in [0.25, 0.3) is 0 Å². The molecule has 0 saturated heterocycles. The highest BCUT2D eigenvalue weighted by Crippen LogP contribution is 2.38. The molecule has 3 atom stereocenters. The molecular weight excluding hydrogens is 1080 g/mol. The smallest absolute Gasteiger partial charge is 0.268 e. The van der Waals surface area contributed by atoms with Crippen molar-refractivity contribution < 1.29 is 32.9 Å².